The van der Waals surface area contributed by atoms with Crippen LogP contribution < -0.4 is 0 Å². The lowest BCUT2D eigenvalue weighted by Crippen LogP contribution is -1.99. The third-order valence-corrected chi connectivity index (χ3v) is 1.79. The summed E-state index contributed by atoms with van der Waals surface area (Å²) in [5.74, 6) is -0.753. The number of benzene rings is 1. The summed E-state index contributed by atoms with van der Waals surface area (Å²) in [4.78, 5) is 31.1. The average molecular weight is 235 g/mol. The van der Waals surface area contributed by atoms with Crippen LogP contribution in [0.5, 0.6) is 0 Å². The van der Waals surface area contributed by atoms with Crippen LogP contribution in [0.1, 0.15) is 12.5 Å². The standard InChI is InChI=1S/C11H9NO5/c1-8(14)17-11(7-13)6-9-2-4-10(5-3-9)12(15)16/h2-7H,1H3/b11-6-. The molecule has 0 heterocycles. The first kappa shape index (κ1) is 12.6. The van der Waals surface area contributed by atoms with Gasteiger partial charge in [-0.15, -0.1) is 0 Å². The van der Waals surface area contributed by atoms with E-state index in [2.05, 4.69) is 4.74 Å². The number of esters is 1. The van der Waals surface area contributed by atoms with Gasteiger partial charge in [-0.05, 0) is 23.8 Å². The molecule has 0 N–H and O–H groups in total. The summed E-state index contributed by atoms with van der Waals surface area (Å²) < 4.78 is 4.60. The number of carbonyl (C=O) groups is 2. The summed E-state index contributed by atoms with van der Waals surface area (Å²) in [6.45, 7) is 1.17. The van der Waals surface area contributed by atoms with Gasteiger partial charge in [0.15, 0.2) is 12.0 Å². The fourth-order valence-electron chi connectivity index (χ4n) is 1.11. The second-order valence-corrected chi connectivity index (χ2v) is 3.11. The van der Waals surface area contributed by atoms with Crippen molar-refractivity contribution in [1.82, 2.24) is 0 Å². The number of ether oxygens (including phenoxy) is 1. The van der Waals surface area contributed by atoms with E-state index in [9.17, 15) is 19.7 Å². The molecule has 0 aromatic heterocycles. The molecule has 88 valence electrons. The molecule has 0 aliphatic heterocycles. The molecule has 1 aromatic carbocycles. The van der Waals surface area contributed by atoms with Gasteiger partial charge in [0.05, 0.1) is 4.92 Å². The number of aldehydes is 1. The maximum absolute atomic E-state index is 10.6. The van der Waals surface area contributed by atoms with Crippen molar-refractivity contribution in [3.05, 3.63) is 45.7 Å². The third kappa shape index (κ3) is 3.86. The summed E-state index contributed by atoms with van der Waals surface area (Å²) in [5.41, 5.74) is 0.473. The Kier molecular flexibility index (Phi) is 4.10. The van der Waals surface area contributed by atoms with Crippen LogP contribution in [-0.2, 0) is 14.3 Å². The third-order valence-electron chi connectivity index (χ3n) is 1.79. The van der Waals surface area contributed by atoms with Crippen molar-refractivity contribution < 1.29 is 19.2 Å². The van der Waals surface area contributed by atoms with Crippen molar-refractivity contribution >= 4 is 24.0 Å². The molecule has 0 fully saturated rings. The van der Waals surface area contributed by atoms with Crippen LogP contribution in [0.15, 0.2) is 30.0 Å². The van der Waals surface area contributed by atoms with Gasteiger partial charge in [-0.3, -0.25) is 19.7 Å². The van der Waals surface area contributed by atoms with Crippen LogP contribution in [0.25, 0.3) is 6.08 Å². The first-order chi connectivity index (χ1) is 8.02. The molecular formula is C11H9NO5. The lowest BCUT2D eigenvalue weighted by Gasteiger charge is -1.99. The van der Waals surface area contributed by atoms with E-state index in [4.69, 9.17) is 0 Å². The second-order valence-electron chi connectivity index (χ2n) is 3.11. The smallest absolute Gasteiger partial charge is 0.308 e. The van der Waals surface area contributed by atoms with Gasteiger partial charge in [-0.2, -0.15) is 0 Å². The average Bonchev–Trinajstić information content (AvgIpc) is 2.28. The Bertz CT molecular complexity index is 475. The molecule has 17 heavy (non-hydrogen) atoms. The first-order valence-electron chi connectivity index (χ1n) is 4.62. The summed E-state index contributed by atoms with van der Waals surface area (Å²) >= 11 is 0. The van der Waals surface area contributed by atoms with Crippen LogP contribution >= 0.6 is 0 Å². The topological polar surface area (TPSA) is 86.5 Å². The number of hydrogen-bond donors (Lipinski definition) is 0. The minimum Gasteiger partial charge on any atom is -0.423 e. The summed E-state index contributed by atoms with van der Waals surface area (Å²) in [7, 11) is 0. The van der Waals surface area contributed by atoms with Crippen molar-refractivity contribution in [2.75, 3.05) is 0 Å². The molecule has 0 radical (unpaired) electrons. The monoisotopic (exact) mass is 235 g/mol. The van der Waals surface area contributed by atoms with Crippen molar-refractivity contribution in [3.8, 4) is 0 Å². The Balaban J connectivity index is 2.92. The molecule has 0 saturated carbocycles. The Labute approximate surface area is 96.7 Å². The molecule has 0 bridgehead atoms. The van der Waals surface area contributed by atoms with Gasteiger partial charge in [0, 0.05) is 19.1 Å². The fourth-order valence-corrected chi connectivity index (χ4v) is 1.11. The Morgan fingerprint density at radius 2 is 1.94 bits per heavy atom. The van der Waals surface area contributed by atoms with Gasteiger partial charge in [0.2, 0.25) is 0 Å². The molecule has 6 nitrogen and oxygen atoms in total. The normalized spacial score (nSPS) is 10.8. The Morgan fingerprint density at radius 1 is 1.35 bits per heavy atom. The Hall–Kier alpha value is -2.50. The fraction of sp³-hybridized carbons (Fsp3) is 0.0909. The number of nitro benzene ring substituents is 1. The zero-order valence-corrected chi connectivity index (χ0v) is 8.95. The van der Waals surface area contributed by atoms with Gasteiger partial charge in [-0.1, -0.05) is 0 Å². The largest absolute Gasteiger partial charge is 0.423 e. The zero-order valence-electron chi connectivity index (χ0n) is 8.95. The van der Waals surface area contributed by atoms with Gasteiger partial charge >= 0.3 is 5.97 Å². The van der Waals surface area contributed by atoms with E-state index in [0.717, 1.165) is 0 Å². The second kappa shape index (κ2) is 5.55. The van der Waals surface area contributed by atoms with E-state index < -0.39 is 10.9 Å². The van der Waals surface area contributed by atoms with Crippen LogP contribution in [0.3, 0.4) is 0 Å². The number of nitrogens with zero attached hydrogens (tertiary/aromatic N) is 1. The zero-order chi connectivity index (χ0) is 12.8. The minimum absolute atomic E-state index is 0.0534. The minimum atomic E-state index is -0.606. The van der Waals surface area contributed by atoms with Crippen molar-refractivity contribution in [2.45, 2.75) is 6.92 Å². The van der Waals surface area contributed by atoms with E-state index in [1.165, 1.54) is 37.3 Å². The molecule has 1 aromatic rings. The summed E-state index contributed by atoms with van der Waals surface area (Å²) in [5, 5.41) is 10.4. The highest BCUT2D eigenvalue weighted by atomic mass is 16.6. The first-order valence-corrected chi connectivity index (χ1v) is 4.62. The van der Waals surface area contributed by atoms with E-state index in [1.54, 1.807) is 0 Å². The molecule has 0 amide bonds. The summed E-state index contributed by atoms with van der Waals surface area (Å²) in [6.07, 6.45) is 1.71. The maximum atomic E-state index is 10.6. The molecular weight excluding hydrogens is 226 g/mol. The Morgan fingerprint density at radius 3 is 2.35 bits per heavy atom. The van der Waals surface area contributed by atoms with E-state index >= 15 is 0 Å². The molecule has 1 rings (SSSR count). The number of hydrogen-bond acceptors (Lipinski definition) is 5. The molecule has 6 heteroatoms. The predicted molar refractivity (Wildman–Crippen MR) is 58.9 cm³/mol. The molecule has 0 atom stereocenters. The molecule has 0 aliphatic rings. The number of nitro groups is 1. The van der Waals surface area contributed by atoms with Crippen molar-refractivity contribution in [2.24, 2.45) is 0 Å². The van der Waals surface area contributed by atoms with E-state index in [1.807, 2.05) is 0 Å². The van der Waals surface area contributed by atoms with Crippen molar-refractivity contribution in [1.29, 1.82) is 0 Å². The van der Waals surface area contributed by atoms with E-state index in [-0.39, 0.29) is 11.4 Å². The number of non-ortho nitro benzene ring substituents is 1. The van der Waals surface area contributed by atoms with Gasteiger partial charge in [-0.25, -0.2) is 0 Å². The van der Waals surface area contributed by atoms with Crippen LogP contribution in [-0.4, -0.2) is 17.2 Å². The van der Waals surface area contributed by atoms with Crippen molar-refractivity contribution in [3.63, 3.8) is 0 Å². The van der Waals surface area contributed by atoms with Crippen LogP contribution in [0, 0.1) is 10.1 Å². The number of rotatable bonds is 4. The SMILES string of the molecule is CC(=O)O/C(C=O)=C\c1ccc([N+](=O)[O-])cc1. The number of allylic oxidation sites excluding steroid dienone is 1. The molecule has 0 unspecified atom stereocenters. The highest BCUT2D eigenvalue weighted by molar-refractivity contribution is 5.83. The highest BCUT2D eigenvalue weighted by Gasteiger charge is 2.04. The van der Waals surface area contributed by atoms with Crippen LogP contribution in [0.4, 0.5) is 5.69 Å². The van der Waals surface area contributed by atoms with Gasteiger partial charge in [0.1, 0.15) is 0 Å². The van der Waals surface area contributed by atoms with Crippen LogP contribution in [0.2, 0.25) is 0 Å². The van der Waals surface area contributed by atoms with Gasteiger partial charge < -0.3 is 4.74 Å². The number of carbonyl (C=O) groups excluding carboxylic acids is 2. The lowest BCUT2D eigenvalue weighted by atomic mass is 10.2. The quantitative estimate of drug-likeness (QED) is 0.198. The van der Waals surface area contributed by atoms with E-state index in [0.29, 0.717) is 11.8 Å². The van der Waals surface area contributed by atoms with Gasteiger partial charge in [0.25, 0.3) is 5.69 Å². The molecule has 0 spiro atoms. The molecule has 0 saturated heterocycles. The predicted octanol–water partition coefficient (Wildman–Crippen LogP) is 1.70. The highest BCUT2D eigenvalue weighted by Crippen LogP contribution is 2.14. The summed E-state index contributed by atoms with van der Waals surface area (Å²) in [6, 6.07) is 5.49. The molecule has 0 aliphatic carbocycles. The maximum Gasteiger partial charge on any atom is 0.308 e. The lowest BCUT2D eigenvalue weighted by molar-refractivity contribution is -0.384.